The molecule has 6 fully saturated rings. The van der Waals surface area contributed by atoms with E-state index in [-0.39, 0.29) is 23.7 Å². The first kappa shape index (κ1) is 44.7. The molecule has 0 radical (unpaired) electrons. The van der Waals surface area contributed by atoms with Crippen molar-refractivity contribution in [1.82, 2.24) is 0 Å². The summed E-state index contributed by atoms with van der Waals surface area (Å²) >= 11 is 0. The summed E-state index contributed by atoms with van der Waals surface area (Å²) in [5, 5.41) is 110. The third kappa shape index (κ3) is 7.16. The lowest BCUT2D eigenvalue weighted by atomic mass is 9.34. The second kappa shape index (κ2) is 15.9. The molecule has 0 unspecified atom stereocenters. The quantitative estimate of drug-likeness (QED) is 0.110. The van der Waals surface area contributed by atoms with Gasteiger partial charge in [-0.1, -0.05) is 46.3 Å². The first-order valence-electron chi connectivity index (χ1n) is 21.0. The highest BCUT2D eigenvalue weighted by Crippen LogP contribution is 2.76. The highest BCUT2D eigenvalue weighted by molar-refractivity contribution is 5.22. The van der Waals surface area contributed by atoms with Gasteiger partial charge in [-0.2, -0.15) is 0 Å². The van der Waals surface area contributed by atoms with Crippen LogP contribution in [-0.2, 0) is 18.9 Å². The van der Waals surface area contributed by atoms with Crippen molar-refractivity contribution in [2.75, 3.05) is 13.2 Å². The molecule has 2 heterocycles. The van der Waals surface area contributed by atoms with Crippen molar-refractivity contribution in [3.05, 3.63) is 11.6 Å². The van der Waals surface area contributed by atoms with Crippen LogP contribution in [0.25, 0.3) is 0 Å². The Bertz CT molecular complexity index is 1400. The smallest absolute Gasteiger partial charge is 0.187 e. The highest BCUT2D eigenvalue weighted by atomic mass is 16.8. The van der Waals surface area contributed by atoms with Crippen molar-refractivity contribution in [2.24, 2.45) is 45.3 Å². The predicted octanol–water partition coefficient (Wildman–Crippen LogP) is 1.12. The Morgan fingerprint density at radius 2 is 1.38 bits per heavy atom. The minimum atomic E-state index is -1.81. The van der Waals surface area contributed by atoms with Crippen molar-refractivity contribution in [3.63, 3.8) is 0 Å². The fourth-order valence-corrected chi connectivity index (χ4v) is 13.4. The summed E-state index contributed by atoms with van der Waals surface area (Å²) in [5.41, 5.74) is -1.85. The fraction of sp³-hybridized carbons (Fsp3) is 0.952. The summed E-state index contributed by atoms with van der Waals surface area (Å²) in [4.78, 5) is 0. The number of allylic oxidation sites excluding steroid dienone is 2. The van der Waals surface area contributed by atoms with Gasteiger partial charge < -0.3 is 70.0 Å². The lowest BCUT2D eigenvalue weighted by molar-refractivity contribution is -0.383. The van der Waals surface area contributed by atoms with Crippen LogP contribution in [0.5, 0.6) is 0 Å². The van der Waals surface area contributed by atoms with Crippen LogP contribution in [0.3, 0.4) is 0 Å². The Balaban J connectivity index is 1.38. The molecule has 10 N–H and O–H groups in total. The molecule has 14 heteroatoms. The highest BCUT2D eigenvalue weighted by Gasteiger charge is 2.73. The summed E-state index contributed by atoms with van der Waals surface area (Å²) in [7, 11) is 0. The largest absolute Gasteiger partial charge is 0.394 e. The Morgan fingerprint density at radius 1 is 0.768 bits per heavy atom. The summed E-state index contributed by atoms with van der Waals surface area (Å²) in [5.74, 6) is -0.623. The second-order valence-corrected chi connectivity index (χ2v) is 20.3. The second-order valence-electron chi connectivity index (χ2n) is 20.3. The molecule has 4 aliphatic carbocycles. The van der Waals surface area contributed by atoms with Crippen LogP contribution in [-0.4, -0.2) is 150 Å². The molecular formula is C42H72O14. The average Bonchev–Trinajstić information content (AvgIpc) is 3.51. The van der Waals surface area contributed by atoms with Gasteiger partial charge in [0.05, 0.1) is 37.1 Å². The maximum Gasteiger partial charge on any atom is 0.187 e. The van der Waals surface area contributed by atoms with Crippen molar-refractivity contribution in [1.29, 1.82) is 0 Å². The first-order chi connectivity index (χ1) is 26.0. The molecule has 6 aliphatic rings. The minimum absolute atomic E-state index is 0.0169. The molecule has 56 heavy (non-hydrogen) atoms. The van der Waals surface area contributed by atoms with E-state index in [1.807, 2.05) is 34.6 Å². The summed E-state index contributed by atoms with van der Waals surface area (Å²) in [6.07, 6.45) is -10.6. The number of aliphatic hydroxyl groups excluding tert-OH is 9. The molecular weight excluding hydrogens is 728 g/mol. The van der Waals surface area contributed by atoms with Crippen LogP contribution in [0.15, 0.2) is 11.6 Å². The van der Waals surface area contributed by atoms with E-state index >= 15 is 0 Å². The SMILES string of the molecule is CC(C)=CCC[C@](C)(O)[C@H]1CC[C@]2(C)[C@@H]1[C@H](O)C[C@@H]1[C@@]3(C)CC[C@H](O)C(C)(C)[C@H]3[C@@H](O[C@@H]3O[C@H](CO)[C@@H](O)[C@H](O)[C@H]3O[C@@H]3O[C@@H](CO)[C@H](O)[C@@H](O)[C@H]3O)C[C@]12C. The summed E-state index contributed by atoms with van der Waals surface area (Å²) in [6, 6.07) is 0. The van der Waals surface area contributed by atoms with Gasteiger partial charge in [0.1, 0.15) is 48.8 Å². The molecule has 0 aromatic rings. The van der Waals surface area contributed by atoms with Gasteiger partial charge in [0.15, 0.2) is 12.6 Å². The molecule has 0 spiro atoms. The van der Waals surface area contributed by atoms with Gasteiger partial charge in [-0.25, -0.2) is 0 Å². The Hall–Kier alpha value is -0.820. The van der Waals surface area contributed by atoms with Crippen LogP contribution in [0.4, 0.5) is 0 Å². The van der Waals surface area contributed by atoms with E-state index in [4.69, 9.17) is 18.9 Å². The van der Waals surface area contributed by atoms with Crippen molar-refractivity contribution >= 4 is 0 Å². The number of fused-ring (bicyclic) bond motifs is 5. The Labute approximate surface area is 331 Å². The van der Waals surface area contributed by atoms with Crippen LogP contribution in [0.2, 0.25) is 0 Å². The van der Waals surface area contributed by atoms with Crippen LogP contribution >= 0.6 is 0 Å². The Kier molecular flexibility index (Phi) is 12.7. The maximum atomic E-state index is 12.3. The van der Waals surface area contributed by atoms with E-state index in [0.717, 1.165) is 19.3 Å². The first-order valence-corrected chi connectivity index (χ1v) is 21.0. The minimum Gasteiger partial charge on any atom is -0.394 e. The molecule has 6 rings (SSSR count). The molecule has 324 valence electrons. The predicted molar refractivity (Wildman–Crippen MR) is 202 cm³/mol. The Morgan fingerprint density at radius 3 is 1.98 bits per heavy atom. The summed E-state index contributed by atoms with van der Waals surface area (Å²) < 4.78 is 24.9. The van der Waals surface area contributed by atoms with Crippen LogP contribution in [0, 0.1) is 45.3 Å². The molecule has 14 nitrogen and oxygen atoms in total. The molecule has 0 aromatic heterocycles. The lowest BCUT2D eigenvalue weighted by Gasteiger charge is -2.72. The molecule has 0 bridgehead atoms. The van der Waals surface area contributed by atoms with Crippen molar-refractivity contribution < 1.29 is 70.0 Å². The zero-order valence-electron chi connectivity index (χ0n) is 34.6. The van der Waals surface area contributed by atoms with Gasteiger partial charge in [-0.15, -0.1) is 0 Å². The zero-order chi connectivity index (χ0) is 41.5. The fourth-order valence-electron chi connectivity index (χ4n) is 13.4. The monoisotopic (exact) mass is 800 g/mol. The van der Waals surface area contributed by atoms with E-state index in [0.29, 0.717) is 32.1 Å². The van der Waals surface area contributed by atoms with E-state index in [2.05, 4.69) is 26.8 Å². The average molecular weight is 801 g/mol. The van der Waals surface area contributed by atoms with E-state index in [1.54, 1.807) is 0 Å². The number of rotatable bonds is 10. The van der Waals surface area contributed by atoms with Gasteiger partial charge in [0.25, 0.3) is 0 Å². The standard InChI is InChI=1S/C42H72O14/c1-20(2)10-9-13-42(8,52)21-11-15-40(6)28(21)22(45)16-26-39(5)14-12-27(46)38(3,4)35(39)23(17-41(26,40)7)53-37-34(32(50)30(48)25(19-44)55-37)56-36-33(51)31(49)29(47)24(18-43)54-36/h10,21-37,43-52H,9,11-19H2,1-8H3/t21-,22+,23-,24-,25+,26+,27-,28-,29-,30+,31+,32-,33+,34+,35+,36-,37+,39+,40+,41+,42-/m0/s1. The topological polar surface area (TPSA) is 239 Å². The molecule has 2 saturated heterocycles. The van der Waals surface area contributed by atoms with Gasteiger partial charge >= 0.3 is 0 Å². The molecule has 4 saturated carbocycles. The number of ether oxygens (including phenoxy) is 4. The van der Waals surface area contributed by atoms with E-state index < -0.39 is 120 Å². The van der Waals surface area contributed by atoms with Crippen LogP contribution < -0.4 is 0 Å². The molecule has 0 aromatic carbocycles. The van der Waals surface area contributed by atoms with Gasteiger partial charge in [0, 0.05) is 0 Å². The van der Waals surface area contributed by atoms with Crippen molar-refractivity contribution in [3.8, 4) is 0 Å². The molecule has 0 amide bonds. The normalized spacial score (nSPS) is 52.6. The molecule has 2 aliphatic heterocycles. The maximum absolute atomic E-state index is 12.3. The van der Waals surface area contributed by atoms with Gasteiger partial charge in [-0.3, -0.25) is 0 Å². The van der Waals surface area contributed by atoms with Crippen LogP contribution in [0.1, 0.15) is 107 Å². The zero-order valence-corrected chi connectivity index (χ0v) is 34.6. The third-order valence-electron chi connectivity index (χ3n) is 16.5. The molecule has 21 atom stereocenters. The third-order valence-corrected chi connectivity index (χ3v) is 16.5. The van der Waals surface area contributed by atoms with Gasteiger partial charge in [-0.05, 0) is 117 Å². The van der Waals surface area contributed by atoms with E-state index in [9.17, 15) is 51.1 Å². The number of aliphatic hydroxyl groups is 10. The van der Waals surface area contributed by atoms with E-state index in [1.165, 1.54) is 5.57 Å². The van der Waals surface area contributed by atoms with Gasteiger partial charge in [0.2, 0.25) is 0 Å². The van der Waals surface area contributed by atoms with Crippen molar-refractivity contribution in [2.45, 2.75) is 192 Å². The number of hydrogen-bond acceptors (Lipinski definition) is 14. The lowest BCUT2D eigenvalue weighted by Crippen LogP contribution is -2.71. The summed E-state index contributed by atoms with van der Waals surface area (Å²) in [6.45, 7) is 15.5. The number of hydrogen-bond donors (Lipinski definition) is 10.